The van der Waals surface area contributed by atoms with Gasteiger partial charge in [0.05, 0.1) is 23.7 Å². The highest BCUT2D eigenvalue weighted by atomic mass is 16.4. The number of hydrogen-bond acceptors (Lipinski definition) is 4. The summed E-state index contributed by atoms with van der Waals surface area (Å²) < 4.78 is 0. The summed E-state index contributed by atoms with van der Waals surface area (Å²) in [4.78, 5) is 49.8. The zero-order chi connectivity index (χ0) is 24.8. The number of carbonyl (C=O) groups is 4. The number of aliphatic carboxylic acids is 2. The van der Waals surface area contributed by atoms with Gasteiger partial charge in [-0.3, -0.25) is 19.2 Å². The molecule has 0 saturated heterocycles. The fourth-order valence-electron chi connectivity index (χ4n) is 4.14. The van der Waals surface area contributed by atoms with Gasteiger partial charge in [0.15, 0.2) is 0 Å². The third-order valence-electron chi connectivity index (χ3n) is 5.91. The van der Waals surface area contributed by atoms with Crippen molar-refractivity contribution in [3.63, 3.8) is 0 Å². The average Bonchev–Trinajstić information content (AvgIpc) is 2.83. The van der Waals surface area contributed by atoms with Gasteiger partial charge in [-0.1, -0.05) is 17.9 Å². The first kappa shape index (κ1) is 24.1. The fourth-order valence-corrected chi connectivity index (χ4v) is 4.14. The second kappa shape index (κ2) is 10.4. The largest absolute Gasteiger partial charge is 0.481 e. The number of nitrogens with one attached hydrogen (secondary N) is 2. The van der Waals surface area contributed by atoms with Gasteiger partial charge in [-0.15, -0.1) is 12.8 Å². The molecule has 2 aromatic carbocycles. The van der Waals surface area contributed by atoms with E-state index in [1.165, 1.54) is 0 Å². The fraction of sp³-hybridized carbons (Fsp3) is 0.231. The van der Waals surface area contributed by atoms with Gasteiger partial charge in [-0.05, 0) is 55.3 Å². The van der Waals surface area contributed by atoms with Crippen molar-refractivity contribution in [1.29, 1.82) is 0 Å². The number of carbonyl (C=O) groups excluding carboxylic acids is 2. The average molecular weight is 458 g/mol. The van der Waals surface area contributed by atoms with Crippen LogP contribution >= 0.6 is 0 Å². The van der Waals surface area contributed by atoms with Crippen molar-refractivity contribution in [1.82, 2.24) is 0 Å². The highest BCUT2D eigenvalue weighted by Gasteiger charge is 2.49. The summed E-state index contributed by atoms with van der Waals surface area (Å²) in [5, 5.41) is 24.8. The first-order valence-corrected chi connectivity index (χ1v) is 10.4. The number of rotatable bonds is 6. The lowest BCUT2D eigenvalue weighted by Gasteiger charge is -2.36. The molecule has 2 amide bonds. The molecule has 34 heavy (non-hydrogen) atoms. The predicted octanol–water partition coefficient (Wildman–Crippen LogP) is 2.65. The predicted molar refractivity (Wildman–Crippen MR) is 124 cm³/mol. The van der Waals surface area contributed by atoms with Gasteiger partial charge < -0.3 is 20.8 Å². The normalized spacial score (nSPS) is 21.4. The minimum Gasteiger partial charge on any atom is -0.481 e. The third-order valence-corrected chi connectivity index (χ3v) is 5.91. The van der Waals surface area contributed by atoms with Gasteiger partial charge in [-0.2, -0.15) is 0 Å². The molecule has 4 N–H and O–H groups in total. The first-order valence-electron chi connectivity index (χ1n) is 10.4. The van der Waals surface area contributed by atoms with E-state index in [4.69, 9.17) is 12.8 Å². The summed E-state index contributed by atoms with van der Waals surface area (Å²) in [6, 6.07) is 12.8. The van der Waals surface area contributed by atoms with E-state index in [-0.39, 0.29) is 12.8 Å². The summed E-state index contributed by atoms with van der Waals surface area (Å²) in [6.45, 7) is 0. The molecule has 0 spiro atoms. The monoisotopic (exact) mass is 458 g/mol. The summed E-state index contributed by atoms with van der Waals surface area (Å²) in [5.74, 6) is -3.72. The Morgan fingerprint density at radius 2 is 1.21 bits per heavy atom. The zero-order valence-corrected chi connectivity index (χ0v) is 18.0. The van der Waals surface area contributed by atoms with Crippen LogP contribution in [0.25, 0.3) is 0 Å². The molecular weight excluding hydrogens is 436 g/mol. The molecule has 8 heteroatoms. The number of benzene rings is 2. The lowest BCUT2D eigenvalue weighted by atomic mass is 9.67. The molecule has 0 aliphatic heterocycles. The van der Waals surface area contributed by atoms with Crippen molar-refractivity contribution in [2.75, 3.05) is 10.6 Å². The highest BCUT2D eigenvalue weighted by molar-refractivity contribution is 5.99. The second-order valence-electron chi connectivity index (χ2n) is 8.00. The first-order chi connectivity index (χ1) is 16.2. The van der Waals surface area contributed by atoms with Crippen molar-refractivity contribution in [3.8, 4) is 24.7 Å². The summed E-state index contributed by atoms with van der Waals surface area (Å²) in [7, 11) is 0. The Hall–Kier alpha value is -4.56. The molecule has 1 saturated carbocycles. The molecular formula is C26H22N2O6. The number of amides is 2. The molecule has 0 radical (unpaired) electrons. The van der Waals surface area contributed by atoms with Crippen LogP contribution < -0.4 is 10.6 Å². The standard InChI is InChI=1S/C26H22N2O6/c1-3-15-8-10-17(11-9-15)27-23(29)19-13-22(26(33)34)20(14-21(19)25(31)32)24(30)28-18-7-5-6-16(4-2)12-18/h1-2,5-12,19-22H,13-14H2,(H,27,29)(H,28,30)(H,31,32)(H,33,34). The van der Waals surface area contributed by atoms with Gasteiger partial charge in [0.1, 0.15) is 0 Å². The molecule has 0 bridgehead atoms. The van der Waals surface area contributed by atoms with E-state index >= 15 is 0 Å². The van der Waals surface area contributed by atoms with Gasteiger partial charge in [0.25, 0.3) is 0 Å². The van der Waals surface area contributed by atoms with E-state index < -0.39 is 47.4 Å². The van der Waals surface area contributed by atoms with Crippen LogP contribution in [0.2, 0.25) is 0 Å². The Bertz CT molecular complexity index is 1210. The van der Waals surface area contributed by atoms with Crippen LogP contribution in [0.3, 0.4) is 0 Å². The van der Waals surface area contributed by atoms with E-state index in [0.29, 0.717) is 22.5 Å². The van der Waals surface area contributed by atoms with Crippen molar-refractivity contribution < 1.29 is 29.4 Å². The minimum absolute atomic E-state index is 0.303. The summed E-state index contributed by atoms with van der Waals surface area (Å²) >= 11 is 0. The molecule has 1 aliphatic carbocycles. The molecule has 172 valence electrons. The van der Waals surface area contributed by atoms with E-state index in [1.54, 1.807) is 48.5 Å². The van der Waals surface area contributed by atoms with E-state index in [2.05, 4.69) is 22.5 Å². The lowest BCUT2D eigenvalue weighted by Crippen LogP contribution is -2.47. The molecule has 1 aliphatic rings. The Balaban J connectivity index is 1.81. The molecule has 4 unspecified atom stereocenters. The van der Waals surface area contributed by atoms with Gasteiger partial charge in [0, 0.05) is 22.5 Å². The van der Waals surface area contributed by atoms with Crippen LogP contribution in [-0.2, 0) is 19.2 Å². The van der Waals surface area contributed by atoms with E-state index in [9.17, 15) is 29.4 Å². The van der Waals surface area contributed by atoms with Crippen LogP contribution in [0.4, 0.5) is 11.4 Å². The number of terminal acetylenes is 2. The SMILES string of the molecule is C#Cc1ccc(NC(=O)C2CC(C(=O)O)C(C(=O)Nc3cccc(C#C)c3)CC2C(=O)O)cc1. The van der Waals surface area contributed by atoms with E-state index in [1.807, 2.05) is 0 Å². The molecule has 2 aromatic rings. The Kier molecular flexibility index (Phi) is 7.35. The van der Waals surface area contributed by atoms with Gasteiger partial charge in [0.2, 0.25) is 11.8 Å². The quantitative estimate of drug-likeness (QED) is 0.492. The molecule has 4 atom stereocenters. The van der Waals surface area contributed by atoms with E-state index in [0.717, 1.165) is 0 Å². The van der Waals surface area contributed by atoms with Gasteiger partial charge >= 0.3 is 11.9 Å². The third kappa shape index (κ3) is 5.43. The number of carboxylic acid groups (broad SMARTS) is 2. The highest BCUT2D eigenvalue weighted by Crippen LogP contribution is 2.40. The van der Waals surface area contributed by atoms with Crippen molar-refractivity contribution in [2.45, 2.75) is 12.8 Å². The van der Waals surface area contributed by atoms with Crippen LogP contribution in [0.5, 0.6) is 0 Å². The van der Waals surface area contributed by atoms with Crippen molar-refractivity contribution in [3.05, 3.63) is 59.7 Å². The Morgan fingerprint density at radius 3 is 1.68 bits per heavy atom. The molecule has 3 rings (SSSR count). The lowest BCUT2D eigenvalue weighted by molar-refractivity contribution is -0.158. The maximum Gasteiger partial charge on any atom is 0.307 e. The molecule has 0 aromatic heterocycles. The molecule has 1 fully saturated rings. The van der Waals surface area contributed by atoms with Crippen molar-refractivity contribution >= 4 is 35.1 Å². The maximum atomic E-state index is 12.9. The maximum absolute atomic E-state index is 12.9. The minimum atomic E-state index is -1.28. The van der Waals surface area contributed by atoms with Crippen LogP contribution in [0, 0.1) is 48.4 Å². The van der Waals surface area contributed by atoms with Crippen LogP contribution in [0.1, 0.15) is 24.0 Å². The summed E-state index contributed by atoms with van der Waals surface area (Å²) in [6.07, 6.45) is 10.1. The smallest absolute Gasteiger partial charge is 0.307 e. The van der Waals surface area contributed by atoms with Crippen molar-refractivity contribution in [2.24, 2.45) is 23.7 Å². The zero-order valence-electron chi connectivity index (χ0n) is 18.0. The second-order valence-corrected chi connectivity index (χ2v) is 8.00. The Morgan fingerprint density at radius 1 is 0.706 bits per heavy atom. The molecule has 8 nitrogen and oxygen atoms in total. The Labute approximate surface area is 196 Å². The van der Waals surface area contributed by atoms with Crippen LogP contribution in [0.15, 0.2) is 48.5 Å². The number of hydrogen-bond donors (Lipinski definition) is 4. The summed E-state index contributed by atoms with van der Waals surface area (Å²) in [5.41, 5.74) is 1.89. The number of carboxylic acids is 2. The topological polar surface area (TPSA) is 133 Å². The number of anilines is 2. The van der Waals surface area contributed by atoms with Crippen LogP contribution in [-0.4, -0.2) is 34.0 Å². The van der Waals surface area contributed by atoms with Gasteiger partial charge in [-0.25, -0.2) is 0 Å². The molecule has 0 heterocycles.